The Balaban J connectivity index is 2.42. The van der Waals surface area contributed by atoms with Gasteiger partial charge in [0.2, 0.25) is 0 Å². The van der Waals surface area contributed by atoms with E-state index in [-0.39, 0.29) is 16.6 Å². The first-order valence-corrected chi connectivity index (χ1v) is 8.43. The quantitative estimate of drug-likeness (QED) is 0.855. The van der Waals surface area contributed by atoms with Gasteiger partial charge in [-0.3, -0.25) is 4.79 Å². The molecule has 1 aliphatic heterocycles. The van der Waals surface area contributed by atoms with Gasteiger partial charge in [-0.25, -0.2) is 0 Å². The van der Waals surface area contributed by atoms with Crippen LogP contribution in [0, 0.1) is 0 Å². The molecule has 0 bridgehead atoms. The average molecular weight is 330 g/mol. The van der Waals surface area contributed by atoms with E-state index in [9.17, 15) is 9.90 Å². The third-order valence-electron chi connectivity index (χ3n) is 4.33. The number of Topliss-reactive ketones (excluding diaryl/α,β-unsaturated/α-hetero) is 1. The minimum Gasteiger partial charge on any atom is -0.507 e. The van der Waals surface area contributed by atoms with Gasteiger partial charge < -0.3 is 14.9 Å². The molecule has 4 heteroatoms. The molecule has 0 unspecified atom stereocenters. The van der Waals surface area contributed by atoms with Crippen LogP contribution in [-0.2, 0) is 10.8 Å². The summed E-state index contributed by atoms with van der Waals surface area (Å²) in [6, 6.07) is 3.72. The Morgan fingerprint density at radius 1 is 1.04 bits per heavy atom. The standard InChI is InChI=1S/C20H30N2O2/c1-19(2,3)15-10-14(11-16(18(15)24)20(4,5)6)17(23)12-22-9-8-21(7)13-22/h8-11,24H,12-13H2,1-7H3. The molecule has 4 nitrogen and oxygen atoms in total. The zero-order chi connectivity index (χ0) is 18.3. The summed E-state index contributed by atoms with van der Waals surface area (Å²) in [4.78, 5) is 16.8. The molecule has 0 amide bonds. The van der Waals surface area contributed by atoms with Crippen molar-refractivity contribution in [1.82, 2.24) is 9.80 Å². The summed E-state index contributed by atoms with van der Waals surface area (Å²) in [6.07, 6.45) is 3.90. The maximum Gasteiger partial charge on any atom is 0.182 e. The summed E-state index contributed by atoms with van der Waals surface area (Å²) < 4.78 is 0. The molecule has 1 N–H and O–H groups in total. The van der Waals surface area contributed by atoms with E-state index in [4.69, 9.17) is 0 Å². The van der Waals surface area contributed by atoms with Gasteiger partial charge >= 0.3 is 0 Å². The molecule has 2 rings (SSSR count). The highest BCUT2D eigenvalue weighted by Gasteiger charge is 2.28. The van der Waals surface area contributed by atoms with E-state index in [0.29, 0.717) is 17.9 Å². The summed E-state index contributed by atoms with van der Waals surface area (Å²) in [7, 11) is 1.98. The Morgan fingerprint density at radius 2 is 1.54 bits per heavy atom. The van der Waals surface area contributed by atoms with E-state index in [2.05, 4.69) is 41.5 Å². The largest absolute Gasteiger partial charge is 0.507 e. The highest BCUT2D eigenvalue weighted by molar-refractivity contribution is 5.98. The molecule has 0 aliphatic carbocycles. The van der Waals surface area contributed by atoms with Crippen molar-refractivity contribution in [3.05, 3.63) is 41.2 Å². The van der Waals surface area contributed by atoms with Crippen LogP contribution in [-0.4, -0.2) is 41.0 Å². The third-order valence-corrected chi connectivity index (χ3v) is 4.33. The second kappa shape index (κ2) is 6.15. The number of nitrogens with zero attached hydrogens (tertiary/aromatic N) is 2. The lowest BCUT2D eigenvalue weighted by atomic mass is 9.78. The molecule has 0 spiro atoms. The SMILES string of the molecule is CN1C=CN(CC(=O)c2cc(C(C)(C)C)c(O)c(C(C)(C)C)c2)C1. The fraction of sp³-hybridized carbons (Fsp3) is 0.550. The van der Waals surface area contributed by atoms with Crippen molar-refractivity contribution in [3.63, 3.8) is 0 Å². The molecule has 1 heterocycles. The number of rotatable bonds is 3. The lowest BCUT2D eigenvalue weighted by Crippen LogP contribution is -2.28. The van der Waals surface area contributed by atoms with Gasteiger partial charge in [0, 0.05) is 36.1 Å². The second-order valence-corrected chi connectivity index (χ2v) is 8.79. The van der Waals surface area contributed by atoms with Crippen molar-refractivity contribution in [2.75, 3.05) is 20.3 Å². The van der Waals surface area contributed by atoms with E-state index in [1.807, 2.05) is 41.4 Å². The summed E-state index contributed by atoms with van der Waals surface area (Å²) in [5.74, 6) is 0.387. The van der Waals surface area contributed by atoms with Gasteiger partial charge in [0.05, 0.1) is 13.2 Å². The molecule has 0 atom stereocenters. The number of hydrogen-bond donors (Lipinski definition) is 1. The van der Waals surface area contributed by atoms with Gasteiger partial charge in [-0.1, -0.05) is 41.5 Å². The number of phenols is 1. The predicted octanol–water partition coefficient (Wildman–Crippen LogP) is 3.85. The number of carbonyl (C=O) groups excluding carboxylic acids is 1. The Morgan fingerprint density at radius 3 is 1.92 bits per heavy atom. The Hall–Kier alpha value is -1.97. The van der Waals surface area contributed by atoms with Crippen molar-refractivity contribution >= 4 is 5.78 Å². The van der Waals surface area contributed by atoms with Crippen LogP contribution < -0.4 is 0 Å². The molecule has 1 aromatic carbocycles. The molecule has 0 fully saturated rings. The van der Waals surface area contributed by atoms with Crippen LogP contribution in [0.4, 0.5) is 0 Å². The lowest BCUT2D eigenvalue weighted by Gasteiger charge is -2.28. The van der Waals surface area contributed by atoms with E-state index < -0.39 is 0 Å². The molecule has 1 aromatic rings. The number of ketones is 1. The number of aromatic hydroxyl groups is 1. The Labute approximate surface area is 145 Å². The van der Waals surface area contributed by atoms with Crippen LogP contribution in [0.2, 0.25) is 0 Å². The van der Waals surface area contributed by atoms with Crippen LogP contribution in [0.5, 0.6) is 5.75 Å². The number of phenolic OH excluding ortho intramolecular Hbond substituents is 1. The fourth-order valence-electron chi connectivity index (χ4n) is 2.91. The monoisotopic (exact) mass is 330 g/mol. The smallest absolute Gasteiger partial charge is 0.182 e. The molecule has 1 aliphatic rings. The first-order valence-electron chi connectivity index (χ1n) is 8.43. The molecule has 132 valence electrons. The molecular weight excluding hydrogens is 300 g/mol. The maximum absolute atomic E-state index is 12.8. The Bertz CT molecular complexity index is 628. The molecule has 0 saturated heterocycles. The van der Waals surface area contributed by atoms with Crippen molar-refractivity contribution in [2.24, 2.45) is 0 Å². The third kappa shape index (κ3) is 3.92. The number of carbonyl (C=O) groups is 1. The average Bonchev–Trinajstić information content (AvgIpc) is 2.81. The minimum atomic E-state index is -0.228. The number of benzene rings is 1. The highest BCUT2D eigenvalue weighted by atomic mass is 16.3. The first kappa shape index (κ1) is 18.4. The lowest BCUT2D eigenvalue weighted by molar-refractivity contribution is 0.0948. The second-order valence-electron chi connectivity index (χ2n) is 8.79. The minimum absolute atomic E-state index is 0.0750. The number of hydrogen-bond acceptors (Lipinski definition) is 4. The predicted molar refractivity (Wildman–Crippen MR) is 98.3 cm³/mol. The van der Waals surface area contributed by atoms with E-state index in [1.165, 1.54) is 0 Å². The van der Waals surface area contributed by atoms with Gasteiger partial charge in [-0.15, -0.1) is 0 Å². The molecule has 0 saturated carbocycles. The molecule has 0 aromatic heterocycles. The van der Waals surface area contributed by atoms with Gasteiger partial charge in [-0.05, 0) is 23.0 Å². The van der Waals surface area contributed by atoms with Gasteiger partial charge in [0.1, 0.15) is 5.75 Å². The highest BCUT2D eigenvalue weighted by Crippen LogP contribution is 2.39. The fourth-order valence-corrected chi connectivity index (χ4v) is 2.91. The molecule has 0 radical (unpaired) electrons. The van der Waals surface area contributed by atoms with Gasteiger partial charge in [0.15, 0.2) is 5.78 Å². The van der Waals surface area contributed by atoms with E-state index in [0.717, 1.165) is 17.8 Å². The zero-order valence-corrected chi connectivity index (χ0v) is 16.0. The van der Waals surface area contributed by atoms with E-state index in [1.54, 1.807) is 0 Å². The van der Waals surface area contributed by atoms with Crippen LogP contribution in [0.25, 0.3) is 0 Å². The van der Waals surface area contributed by atoms with Crippen LogP contribution >= 0.6 is 0 Å². The van der Waals surface area contributed by atoms with Crippen molar-refractivity contribution in [3.8, 4) is 5.75 Å². The normalized spacial score (nSPS) is 15.3. The van der Waals surface area contributed by atoms with Crippen molar-refractivity contribution in [1.29, 1.82) is 0 Å². The summed E-state index contributed by atoms with van der Waals surface area (Å²) >= 11 is 0. The van der Waals surface area contributed by atoms with Gasteiger partial charge in [-0.2, -0.15) is 0 Å². The van der Waals surface area contributed by atoms with Gasteiger partial charge in [0.25, 0.3) is 0 Å². The van der Waals surface area contributed by atoms with Crippen molar-refractivity contribution in [2.45, 2.75) is 52.4 Å². The van der Waals surface area contributed by atoms with E-state index >= 15 is 0 Å². The zero-order valence-electron chi connectivity index (χ0n) is 16.0. The summed E-state index contributed by atoms with van der Waals surface area (Å²) in [6.45, 7) is 13.4. The Kier molecular flexibility index (Phi) is 4.71. The van der Waals surface area contributed by atoms with Crippen LogP contribution in [0.15, 0.2) is 24.5 Å². The topological polar surface area (TPSA) is 43.8 Å². The first-order chi connectivity index (χ1) is 10.9. The maximum atomic E-state index is 12.8. The summed E-state index contributed by atoms with van der Waals surface area (Å²) in [5, 5.41) is 10.7. The van der Waals surface area contributed by atoms with Crippen LogP contribution in [0.1, 0.15) is 63.0 Å². The van der Waals surface area contributed by atoms with Crippen molar-refractivity contribution < 1.29 is 9.90 Å². The summed E-state index contributed by atoms with van der Waals surface area (Å²) in [5.41, 5.74) is 1.87. The molecule has 24 heavy (non-hydrogen) atoms. The molecular formula is C20H30N2O2. The van der Waals surface area contributed by atoms with Crippen LogP contribution in [0.3, 0.4) is 0 Å².